The van der Waals surface area contributed by atoms with Crippen LogP contribution in [0.25, 0.3) is 0 Å². The third-order valence-corrected chi connectivity index (χ3v) is 2.25. The molecule has 10 nitrogen and oxygen atoms in total. The Balaban J connectivity index is 2.23. The van der Waals surface area contributed by atoms with Gasteiger partial charge in [-0.15, -0.1) is 5.10 Å². The highest BCUT2D eigenvalue weighted by molar-refractivity contribution is 5.99. The number of anilines is 1. The molecule has 0 amide bonds. The van der Waals surface area contributed by atoms with E-state index in [2.05, 4.69) is 25.1 Å². The van der Waals surface area contributed by atoms with Crippen LogP contribution in [0.2, 0.25) is 0 Å². The predicted molar refractivity (Wildman–Crippen MR) is 70.1 cm³/mol. The minimum absolute atomic E-state index is 0.0212. The summed E-state index contributed by atoms with van der Waals surface area (Å²) >= 11 is 0. The zero-order valence-electron chi connectivity index (χ0n) is 10.0. The summed E-state index contributed by atoms with van der Waals surface area (Å²) in [5, 5.41) is 24.8. The second-order valence-electron chi connectivity index (χ2n) is 3.54. The number of nitrogens with two attached hydrogens (primary N) is 2. The van der Waals surface area contributed by atoms with Crippen LogP contribution in [0, 0.1) is 10.1 Å². The van der Waals surface area contributed by atoms with Crippen molar-refractivity contribution in [2.24, 2.45) is 15.9 Å². The normalized spacial score (nSPS) is 11.9. The topological polar surface area (TPSA) is 159 Å². The molecular formula is C10H9N7O3. The average molecular weight is 275 g/mol. The van der Waals surface area contributed by atoms with E-state index in [9.17, 15) is 10.1 Å². The van der Waals surface area contributed by atoms with Gasteiger partial charge >= 0.3 is 0 Å². The highest BCUT2D eigenvalue weighted by Crippen LogP contribution is 2.15. The molecule has 0 aliphatic heterocycles. The van der Waals surface area contributed by atoms with E-state index in [0.717, 1.165) is 0 Å². The highest BCUT2D eigenvalue weighted by atomic mass is 16.6. The van der Waals surface area contributed by atoms with Crippen molar-refractivity contribution in [2.75, 3.05) is 5.73 Å². The van der Waals surface area contributed by atoms with Crippen molar-refractivity contribution in [3.05, 3.63) is 45.6 Å². The molecule has 0 fully saturated rings. The Kier molecular flexibility index (Phi) is 3.65. The molecule has 10 heteroatoms. The maximum absolute atomic E-state index is 10.8. The van der Waals surface area contributed by atoms with E-state index in [1.807, 2.05) is 0 Å². The van der Waals surface area contributed by atoms with Gasteiger partial charge in [0.1, 0.15) is 0 Å². The van der Waals surface area contributed by atoms with Crippen molar-refractivity contribution in [2.45, 2.75) is 0 Å². The lowest BCUT2D eigenvalue weighted by Gasteiger charge is -1.95. The summed E-state index contributed by atoms with van der Waals surface area (Å²) in [5.74, 6) is -0.134. The summed E-state index contributed by atoms with van der Waals surface area (Å²) in [5.41, 5.74) is 11.2. The fourth-order valence-corrected chi connectivity index (χ4v) is 1.34. The zero-order chi connectivity index (χ0) is 14.5. The maximum Gasteiger partial charge on any atom is 0.278 e. The van der Waals surface area contributed by atoms with Crippen molar-refractivity contribution in [3.8, 4) is 0 Å². The molecule has 0 unspecified atom stereocenters. The van der Waals surface area contributed by atoms with Crippen LogP contribution in [-0.4, -0.2) is 27.3 Å². The Morgan fingerprint density at radius 2 is 2.15 bits per heavy atom. The first-order chi connectivity index (χ1) is 9.59. The standard InChI is InChI=1S/C10H9N7O3/c11-9(8-10(12)16-20-15-8)14-13-5-6-3-1-2-4-7(6)17(18)19/h1-5H,(H2,11,14)(H2,12,16). The summed E-state index contributed by atoms with van der Waals surface area (Å²) < 4.78 is 4.35. The van der Waals surface area contributed by atoms with Gasteiger partial charge in [-0.2, -0.15) is 5.10 Å². The number of aromatic nitrogens is 2. The first kappa shape index (κ1) is 13.1. The van der Waals surface area contributed by atoms with Gasteiger partial charge in [0.2, 0.25) is 0 Å². The van der Waals surface area contributed by atoms with Crippen molar-refractivity contribution < 1.29 is 9.55 Å². The van der Waals surface area contributed by atoms with E-state index in [-0.39, 0.29) is 23.0 Å². The number of para-hydroxylation sites is 1. The van der Waals surface area contributed by atoms with E-state index < -0.39 is 4.92 Å². The fraction of sp³-hybridized carbons (Fsp3) is 0. The van der Waals surface area contributed by atoms with Crippen LogP contribution in [-0.2, 0) is 0 Å². The SMILES string of the molecule is NC(=NN=Cc1ccccc1[N+](=O)[O-])c1nonc1N. The van der Waals surface area contributed by atoms with Crippen molar-refractivity contribution in [1.29, 1.82) is 0 Å². The minimum atomic E-state index is -0.520. The number of nitro groups is 1. The lowest BCUT2D eigenvalue weighted by molar-refractivity contribution is -0.385. The average Bonchev–Trinajstić information content (AvgIpc) is 2.85. The minimum Gasteiger partial charge on any atom is -0.380 e. The molecule has 1 aromatic heterocycles. The van der Waals surface area contributed by atoms with E-state index in [1.54, 1.807) is 12.1 Å². The molecule has 0 aliphatic carbocycles. The molecule has 1 aromatic carbocycles. The van der Waals surface area contributed by atoms with Gasteiger partial charge < -0.3 is 11.5 Å². The van der Waals surface area contributed by atoms with Crippen LogP contribution in [0.5, 0.6) is 0 Å². The number of nitrogen functional groups attached to an aromatic ring is 1. The molecule has 0 aliphatic rings. The summed E-state index contributed by atoms with van der Waals surface area (Å²) in [6.45, 7) is 0. The molecule has 2 rings (SSSR count). The van der Waals surface area contributed by atoms with Gasteiger partial charge in [-0.05, 0) is 16.4 Å². The number of amidine groups is 1. The van der Waals surface area contributed by atoms with Crippen LogP contribution in [0.15, 0.2) is 39.1 Å². The Morgan fingerprint density at radius 3 is 2.80 bits per heavy atom. The number of nitro benzene ring substituents is 1. The molecule has 1 heterocycles. The molecule has 0 bridgehead atoms. The molecule has 0 spiro atoms. The van der Waals surface area contributed by atoms with Crippen LogP contribution in [0.3, 0.4) is 0 Å². The summed E-state index contributed by atoms with van der Waals surface area (Å²) in [7, 11) is 0. The second-order valence-corrected chi connectivity index (χ2v) is 3.54. The summed E-state index contributed by atoms with van der Waals surface area (Å²) in [6.07, 6.45) is 1.20. The maximum atomic E-state index is 10.8. The molecule has 0 atom stereocenters. The van der Waals surface area contributed by atoms with Crippen LogP contribution in [0.1, 0.15) is 11.3 Å². The zero-order valence-corrected chi connectivity index (χ0v) is 10.0. The van der Waals surface area contributed by atoms with E-state index >= 15 is 0 Å². The Labute approximate surface area is 111 Å². The predicted octanol–water partition coefficient (Wildman–Crippen LogP) is 0.299. The highest BCUT2D eigenvalue weighted by Gasteiger charge is 2.11. The van der Waals surface area contributed by atoms with Crippen molar-refractivity contribution in [1.82, 2.24) is 10.3 Å². The molecule has 4 N–H and O–H groups in total. The quantitative estimate of drug-likeness (QED) is 0.351. The smallest absolute Gasteiger partial charge is 0.278 e. The Hall–Kier alpha value is -3.30. The molecule has 102 valence electrons. The molecule has 0 saturated heterocycles. The third kappa shape index (κ3) is 2.75. The van der Waals surface area contributed by atoms with Crippen LogP contribution in [0.4, 0.5) is 11.5 Å². The lowest BCUT2D eigenvalue weighted by atomic mass is 10.2. The second kappa shape index (κ2) is 5.56. The van der Waals surface area contributed by atoms with Crippen LogP contribution < -0.4 is 11.5 Å². The van der Waals surface area contributed by atoms with Gasteiger partial charge in [0.25, 0.3) is 5.69 Å². The molecular weight excluding hydrogens is 266 g/mol. The summed E-state index contributed by atoms with van der Waals surface area (Å²) in [4.78, 5) is 10.3. The number of hydrogen-bond donors (Lipinski definition) is 2. The van der Waals surface area contributed by atoms with Crippen molar-refractivity contribution >= 4 is 23.6 Å². The van der Waals surface area contributed by atoms with E-state index in [0.29, 0.717) is 5.56 Å². The lowest BCUT2D eigenvalue weighted by Crippen LogP contribution is -2.15. The van der Waals surface area contributed by atoms with Gasteiger partial charge in [0.15, 0.2) is 17.3 Å². The number of rotatable bonds is 4. The van der Waals surface area contributed by atoms with Gasteiger partial charge in [-0.3, -0.25) is 10.1 Å². The number of benzene rings is 1. The van der Waals surface area contributed by atoms with Gasteiger partial charge in [0.05, 0.1) is 16.7 Å². The first-order valence-corrected chi connectivity index (χ1v) is 5.28. The number of hydrogen-bond acceptors (Lipinski definition) is 8. The Morgan fingerprint density at radius 1 is 1.40 bits per heavy atom. The molecule has 0 radical (unpaired) electrons. The first-order valence-electron chi connectivity index (χ1n) is 5.28. The van der Waals surface area contributed by atoms with E-state index in [4.69, 9.17) is 11.5 Å². The van der Waals surface area contributed by atoms with Gasteiger partial charge in [-0.25, -0.2) is 4.63 Å². The van der Waals surface area contributed by atoms with Crippen molar-refractivity contribution in [3.63, 3.8) is 0 Å². The summed E-state index contributed by atoms with van der Waals surface area (Å²) in [6, 6.07) is 6.07. The molecule has 0 saturated carbocycles. The van der Waals surface area contributed by atoms with Crippen LogP contribution >= 0.6 is 0 Å². The largest absolute Gasteiger partial charge is 0.380 e. The molecule has 20 heavy (non-hydrogen) atoms. The monoisotopic (exact) mass is 275 g/mol. The van der Waals surface area contributed by atoms with Gasteiger partial charge in [0, 0.05) is 6.07 Å². The third-order valence-electron chi connectivity index (χ3n) is 2.25. The van der Waals surface area contributed by atoms with Gasteiger partial charge in [-0.1, -0.05) is 12.1 Å². The number of nitrogens with zero attached hydrogens (tertiary/aromatic N) is 5. The fourth-order valence-electron chi connectivity index (χ4n) is 1.34. The van der Waals surface area contributed by atoms with E-state index in [1.165, 1.54) is 18.3 Å². The molecule has 2 aromatic rings. The Bertz CT molecular complexity index is 692.